The van der Waals surface area contributed by atoms with Gasteiger partial charge in [-0.15, -0.1) is 0 Å². The van der Waals surface area contributed by atoms with Crippen LogP contribution in [0.15, 0.2) is 42.5 Å². The minimum absolute atomic E-state index is 0.0869. The number of hydrogen-bond donors (Lipinski definition) is 2. The summed E-state index contributed by atoms with van der Waals surface area (Å²) >= 11 is 0. The Bertz CT molecular complexity index is 1240. The molecule has 2 N–H and O–H groups in total. The number of amides is 2. The van der Waals surface area contributed by atoms with Crippen molar-refractivity contribution in [2.75, 3.05) is 65.3 Å². The molecule has 0 radical (unpaired) electrons. The molecule has 0 saturated carbocycles. The van der Waals surface area contributed by atoms with Crippen LogP contribution < -0.4 is 15.5 Å². The van der Waals surface area contributed by atoms with Crippen molar-refractivity contribution in [1.82, 2.24) is 25.3 Å². The first kappa shape index (κ1) is 32.3. The molecule has 10 heteroatoms. The van der Waals surface area contributed by atoms with Gasteiger partial charge in [0.05, 0.1) is 6.04 Å². The van der Waals surface area contributed by atoms with E-state index >= 15 is 0 Å². The van der Waals surface area contributed by atoms with Crippen LogP contribution in [0.4, 0.5) is 5.69 Å². The number of piperidine rings is 1. The topological polar surface area (TPSA) is 105 Å². The Morgan fingerprint density at radius 2 is 1.72 bits per heavy atom. The lowest BCUT2D eigenvalue weighted by Crippen LogP contribution is -2.46. The molecule has 2 aromatic carbocycles. The van der Waals surface area contributed by atoms with Gasteiger partial charge in [-0.1, -0.05) is 12.1 Å². The van der Waals surface area contributed by atoms with Crippen LogP contribution >= 0.6 is 0 Å². The minimum Gasteiger partial charge on any atom is -0.369 e. The number of piperazine rings is 1. The van der Waals surface area contributed by atoms with Gasteiger partial charge in [0.2, 0.25) is 5.91 Å². The van der Waals surface area contributed by atoms with E-state index in [9.17, 15) is 19.2 Å². The molecule has 2 aromatic rings. The number of rotatable bonds is 13. The Morgan fingerprint density at radius 3 is 2.35 bits per heavy atom. The standard InChI is InChI=1S/C33H46N6O4/c1-34-32(42)11-10-31(24-41)36(2)22-28-20-30(9-8-27(28)23-40)39-18-16-38(17-19-39)21-25-4-6-26(7-5-25)33(43)37(3)29-12-14-35-15-13-29/h4-9,20,23-24,29,31,35H,10-19,21-22H2,1-3H3,(H,34,42). The fourth-order valence-electron chi connectivity index (χ4n) is 5.96. The van der Waals surface area contributed by atoms with Crippen LogP contribution in [-0.2, 0) is 22.7 Å². The SMILES string of the molecule is CNC(=O)CCC(C=O)N(C)Cc1cc(N2CCN(Cc3ccc(C(=O)N(C)C4CCNCC4)cc3)CC2)ccc1C=O. The van der Waals surface area contributed by atoms with Gasteiger partial charge in [0, 0.05) is 82.6 Å². The molecule has 10 nitrogen and oxygen atoms in total. The highest BCUT2D eigenvalue weighted by molar-refractivity contribution is 5.94. The number of hydrogen-bond acceptors (Lipinski definition) is 8. The van der Waals surface area contributed by atoms with Gasteiger partial charge in [-0.25, -0.2) is 0 Å². The van der Waals surface area contributed by atoms with Crippen LogP contribution in [0, 0.1) is 0 Å². The normalized spacial score (nSPS) is 17.0. The number of aldehydes is 2. The summed E-state index contributed by atoms with van der Waals surface area (Å²) in [6.07, 6.45) is 4.40. The summed E-state index contributed by atoms with van der Waals surface area (Å²) in [6, 6.07) is 13.8. The minimum atomic E-state index is -0.411. The summed E-state index contributed by atoms with van der Waals surface area (Å²) in [7, 11) is 5.34. The third kappa shape index (κ3) is 8.72. The van der Waals surface area contributed by atoms with Crippen LogP contribution in [0.25, 0.3) is 0 Å². The lowest BCUT2D eigenvalue weighted by Gasteiger charge is -2.36. The molecule has 0 aliphatic carbocycles. The van der Waals surface area contributed by atoms with Gasteiger partial charge in [-0.2, -0.15) is 0 Å². The fourth-order valence-corrected chi connectivity index (χ4v) is 5.96. The average molecular weight is 591 g/mol. The number of carbonyl (C=O) groups excluding carboxylic acids is 4. The molecule has 2 aliphatic rings. The van der Waals surface area contributed by atoms with Crippen molar-refractivity contribution in [1.29, 1.82) is 0 Å². The van der Waals surface area contributed by atoms with E-state index in [1.54, 1.807) is 7.05 Å². The molecule has 2 saturated heterocycles. The van der Waals surface area contributed by atoms with Crippen LogP contribution in [0.5, 0.6) is 0 Å². The zero-order valence-electron chi connectivity index (χ0n) is 25.8. The predicted molar refractivity (Wildman–Crippen MR) is 168 cm³/mol. The van der Waals surface area contributed by atoms with Gasteiger partial charge in [0.1, 0.15) is 12.6 Å². The van der Waals surface area contributed by atoms with E-state index < -0.39 is 6.04 Å². The van der Waals surface area contributed by atoms with Gasteiger partial charge in [-0.3, -0.25) is 24.2 Å². The summed E-state index contributed by atoms with van der Waals surface area (Å²) in [5, 5.41) is 5.94. The smallest absolute Gasteiger partial charge is 0.253 e. The highest BCUT2D eigenvalue weighted by Gasteiger charge is 2.24. The van der Waals surface area contributed by atoms with Crippen molar-refractivity contribution in [3.63, 3.8) is 0 Å². The second-order valence-electron chi connectivity index (χ2n) is 11.7. The molecule has 1 unspecified atom stereocenters. The van der Waals surface area contributed by atoms with Crippen molar-refractivity contribution in [2.24, 2.45) is 0 Å². The van der Waals surface area contributed by atoms with Crippen molar-refractivity contribution < 1.29 is 19.2 Å². The first-order valence-corrected chi connectivity index (χ1v) is 15.3. The van der Waals surface area contributed by atoms with E-state index in [0.717, 1.165) is 88.0 Å². The molecule has 1 atom stereocenters. The molecule has 2 fully saturated rings. The number of likely N-dealkylation sites (N-methyl/N-ethyl adjacent to an activating group) is 1. The van der Waals surface area contributed by atoms with E-state index in [1.807, 2.05) is 54.2 Å². The van der Waals surface area contributed by atoms with Crippen molar-refractivity contribution >= 4 is 30.1 Å². The fraction of sp³-hybridized carbons (Fsp3) is 0.515. The second-order valence-corrected chi connectivity index (χ2v) is 11.7. The maximum Gasteiger partial charge on any atom is 0.253 e. The maximum atomic E-state index is 13.0. The van der Waals surface area contributed by atoms with Crippen LogP contribution in [0.1, 0.15) is 57.5 Å². The molecule has 43 heavy (non-hydrogen) atoms. The molecular formula is C33H46N6O4. The molecule has 0 spiro atoms. The Kier molecular flexibility index (Phi) is 11.8. The van der Waals surface area contributed by atoms with Crippen LogP contribution in [-0.4, -0.2) is 112 Å². The number of benzene rings is 2. The Labute approximate surface area is 255 Å². The van der Waals surface area contributed by atoms with E-state index in [-0.39, 0.29) is 18.2 Å². The number of carbonyl (C=O) groups is 4. The monoisotopic (exact) mass is 590 g/mol. The summed E-state index contributed by atoms with van der Waals surface area (Å²) in [5.41, 5.74) is 4.46. The van der Waals surface area contributed by atoms with Crippen LogP contribution in [0.3, 0.4) is 0 Å². The summed E-state index contributed by atoms with van der Waals surface area (Å²) < 4.78 is 0. The van der Waals surface area contributed by atoms with Gasteiger partial charge in [-0.05, 0) is 80.9 Å². The molecule has 2 amide bonds. The lowest BCUT2D eigenvalue weighted by molar-refractivity contribution is -0.121. The largest absolute Gasteiger partial charge is 0.369 e. The molecular weight excluding hydrogens is 544 g/mol. The molecule has 0 bridgehead atoms. The Balaban J connectivity index is 1.31. The average Bonchev–Trinajstić information content (AvgIpc) is 3.05. The first-order valence-electron chi connectivity index (χ1n) is 15.3. The van der Waals surface area contributed by atoms with E-state index in [1.165, 1.54) is 5.56 Å². The summed E-state index contributed by atoms with van der Waals surface area (Å²) in [5.74, 6) is -0.0123. The van der Waals surface area contributed by atoms with Gasteiger partial charge in [0.15, 0.2) is 0 Å². The van der Waals surface area contributed by atoms with Crippen molar-refractivity contribution in [2.45, 2.75) is 50.9 Å². The zero-order chi connectivity index (χ0) is 30.8. The first-order chi connectivity index (χ1) is 20.8. The van der Waals surface area contributed by atoms with Gasteiger partial charge >= 0.3 is 0 Å². The molecule has 4 rings (SSSR count). The van der Waals surface area contributed by atoms with E-state index in [4.69, 9.17) is 0 Å². The summed E-state index contributed by atoms with van der Waals surface area (Å²) in [6.45, 7) is 6.70. The highest BCUT2D eigenvalue weighted by atomic mass is 16.2. The molecule has 2 heterocycles. The van der Waals surface area contributed by atoms with Gasteiger partial charge in [0.25, 0.3) is 5.91 Å². The second kappa shape index (κ2) is 15.7. The number of nitrogens with zero attached hydrogens (tertiary/aromatic N) is 4. The van der Waals surface area contributed by atoms with Gasteiger partial charge < -0.3 is 25.2 Å². The number of nitrogens with one attached hydrogen (secondary N) is 2. The predicted octanol–water partition coefficient (Wildman–Crippen LogP) is 2.17. The van der Waals surface area contributed by atoms with Crippen molar-refractivity contribution in [3.05, 3.63) is 64.7 Å². The third-order valence-corrected chi connectivity index (χ3v) is 8.86. The Hall–Kier alpha value is -3.60. The highest BCUT2D eigenvalue weighted by Crippen LogP contribution is 2.23. The molecule has 2 aliphatic heterocycles. The molecule has 0 aromatic heterocycles. The zero-order valence-corrected chi connectivity index (χ0v) is 25.8. The van der Waals surface area contributed by atoms with Crippen molar-refractivity contribution in [3.8, 4) is 0 Å². The lowest BCUT2D eigenvalue weighted by atomic mass is 10.0. The number of anilines is 1. The third-order valence-electron chi connectivity index (χ3n) is 8.86. The molecule has 232 valence electrons. The van der Waals surface area contributed by atoms with Crippen LogP contribution in [0.2, 0.25) is 0 Å². The quantitative estimate of drug-likeness (QED) is 0.342. The Morgan fingerprint density at radius 1 is 1.02 bits per heavy atom. The summed E-state index contributed by atoms with van der Waals surface area (Å²) in [4.78, 5) is 56.7. The van der Waals surface area contributed by atoms with E-state index in [2.05, 4.69) is 32.6 Å². The maximum absolute atomic E-state index is 13.0. The van der Waals surface area contributed by atoms with E-state index in [0.29, 0.717) is 24.6 Å².